The van der Waals surface area contributed by atoms with Crippen LogP contribution in [0.4, 0.5) is 0 Å². The Kier molecular flexibility index (Phi) is 23.2. The van der Waals surface area contributed by atoms with Crippen LogP contribution in [0.25, 0.3) is 0 Å². The van der Waals surface area contributed by atoms with Gasteiger partial charge in [-0.1, -0.05) is 76.4 Å². The Morgan fingerprint density at radius 3 is 1.11 bits per heavy atom. The average Bonchev–Trinajstić information content (AvgIpc) is 2.83. The summed E-state index contributed by atoms with van der Waals surface area (Å²) in [6.45, 7) is 4.95. The van der Waals surface area contributed by atoms with Crippen molar-refractivity contribution in [3.8, 4) is 0 Å². The van der Waals surface area contributed by atoms with Crippen molar-refractivity contribution in [2.75, 3.05) is 26.2 Å². The second-order valence-corrected chi connectivity index (χ2v) is 10.7. The number of hydrogen-bond acceptors (Lipinski definition) is 3. The molecule has 0 spiro atoms. The molecular formula is C30H56NO6+. The summed E-state index contributed by atoms with van der Waals surface area (Å²) in [5.74, 6) is -2.47. The molecular weight excluding hydrogens is 470 g/mol. The molecule has 0 aliphatic carbocycles. The first-order valence-electron chi connectivity index (χ1n) is 14.9. The van der Waals surface area contributed by atoms with Gasteiger partial charge in [0.25, 0.3) is 0 Å². The molecule has 0 fully saturated rings. The van der Waals surface area contributed by atoms with Gasteiger partial charge in [-0.3, -0.25) is 14.4 Å². The highest BCUT2D eigenvalue weighted by atomic mass is 16.4. The molecule has 0 bridgehead atoms. The van der Waals surface area contributed by atoms with E-state index >= 15 is 0 Å². The predicted molar refractivity (Wildman–Crippen MR) is 150 cm³/mol. The van der Waals surface area contributed by atoms with Crippen LogP contribution in [0.1, 0.15) is 135 Å². The predicted octanol–water partition coefficient (Wildman–Crippen LogP) is 7.44. The van der Waals surface area contributed by atoms with Gasteiger partial charge < -0.3 is 19.8 Å². The van der Waals surface area contributed by atoms with Gasteiger partial charge >= 0.3 is 17.9 Å². The lowest BCUT2D eigenvalue weighted by molar-refractivity contribution is -0.929. The zero-order chi connectivity index (χ0) is 27.6. The third kappa shape index (κ3) is 24.2. The largest absolute Gasteiger partial charge is 0.481 e. The highest BCUT2D eigenvalue weighted by Gasteiger charge is 2.27. The summed E-state index contributed by atoms with van der Waals surface area (Å²) in [5.41, 5.74) is 0. The highest BCUT2D eigenvalue weighted by Crippen LogP contribution is 2.19. The standard InChI is InChI=1S/C30H55NO6/c1-2-3-4-5-6-7-8-9-10-11-12-13-14-15-16-17-24-31(25-18-21-28(32)33,26-19-22-29(34)35)27-20-23-30(36)37/h2-3H,4-27H2,1H3,(H2-,32,33,34,35,36,37)/p+1/b3-2+. The van der Waals surface area contributed by atoms with E-state index in [1.807, 2.05) is 0 Å². The fraction of sp³-hybridized carbons (Fsp3) is 0.833. The minimum absolute atomic E-state index is 0.0917. The van der Waals surface area contributed by atoms with E-state index in [1.54, 1.807) is 0 Å². The molecule has 0 aliphatic rings. The molecule has 0 saturated heterocycles. The maximum absolute atomic E-state index is 11.0. The Morgan fingerprint density at radius 1 is 0.486 bits per heavy atom. The second kappa shape index (κ2) is 24.4. The number of hydrogen-bond donors (Lipinski definition) is 3. The van der Waals surface area contributed by atoms with Crippen LogP contribution in [0.15, 0.2) is 12.2 Å². The summed E-state index contributed by atoms with van der Waals surface area (Å²) in [4.78, 5) is 33.1. The topological polar surface area (TPSA) is 112 Å². The van der Waals surface area contributed by atoms with Crippen molar-refractivity contribution in [2.24, 2.45) is 0 Å². The first kappa shape index (κ1) is 35.1. The zero-order valence-corrected chi connectivity index (χ0v) is 23.6. The maximum Gasteiger partial charge on any atom is 0.303 e. The summed E-state index contributed by atoms with van der Waals surface area (Å²) < 4.78 is 0.642. The van der Waals surface area contributed by atoms with E-state index in [0.29, 0.717) is 43.4 Å². The van der Waals surface area contributed by atoms with Crippen LogP contribution in [0.3, 0.4) is 0 Å². The van der Waals surface area contributed by atoms with E-state index in [1.165, 1.54) is 77.0 Å². The lowest BCUT2D eigenvalue weighted by Gasteiger charge is -2.39. The van der Waals surface area contributed by atoms with Crippen LogP contribution in [0.5, 0.6) is 0 Å². The Hall–Kier alpha value is -1.89. The summed E-state index contributed by atoms with van der Waals surface area (Å²) >= 11 is 0. The lowest BCUT2D eigenvalue weighted by Crippen LogP contribution is -2.51. The Labute approximate surface area is 225 Å². The molecule has 0 heterocycles. The third-order valence-electron chi connectivity index (χ3n) is 7.31. The van der Waals surface area contributed by atoms with Crippen molar-refractivity contribution in [2.45, 2.75) is 135 Å². The Bertz CT molecular complexity index is 569. The van der Waals surface area contributed by atoms with Gasteiger partial charge in [-0.2, -0.15) is 0 Å². The molecule has 37 heavy (non-hydrogen) atoms. The maximum atomic E-state index is 11.0. The van der Waals surface area contributed by atoms with E-state index in [4.69, 9.17) is 15.3 Å². The number of carbonyl (C=O) groups is 3. The van der Waals surface area contributed by atoms with E-state index in [0.717, 1.165) is 19.4 Å². The van der Waals surface area contributed by atoms with Gasteiger partial charge in [0.1, 0.15) is 0 Å². The van der Waals surface area contributed by atoms with Crippen molar-refractivity contribution in [3.63, 3.8) is 0 Å². The van der Waals surface area contributed by atoms with Crippen LogP contribution in [0, 0.1) is 0 Å². The van der Waals surface area contributed by atoms with Crippen LogP contribution in [-0.4, -0.2) is 63.9 Å². The first-order valence-corrected chi connectivity index (χ1v) is 14.9. The number of unbranched alkanes of at least 4 members (excludes halogenated alkanes) is 13. The monoisotopic (exact) mass is 526 g/mol. The van der Waals surface area contributed by atoms with Crippen LogP contribution in [0.2, 0.25) is 0 Å². The van der Waals surface area contributed by atoms with Gasteiger partial charge in [-0.15, -0.1) is 0 Å². The lowest BCUT2D eigenvalue weighted by atomic mass is 10.0. The van der Waals surface area contributed by atoms with Crippen molar-refractivity contribution < 1.29 is 34.2 Å². The molecule has 0 aromatic carbocycles. The zero-order valence-electron chi connectivity index (χ0n) is 23.6. The molecule has 0 radical (unpaired) electrons. The van der Waals surface area contributed by atoms with Crippen LogP contribution < -0.4 is 0 Å². The smallest absolute Gasteiger partial charge is 0.303 e. The van der Waals surface area contributed by atoms with E-state index in [-0.39, 0.29) is 19.3 Å². The summed E-state index contributed by atoms with van der Waals surface area (Å²) in [5, 5.41) is 27.2. The number of rotatable bonds is 28. The Morgan fingerprint density at radius 2 is 0.784 bits per heavy atom. The normalized spacial score (nSPS) is 11.8. The molecule has 0 aliphatic heterocycles. The van der Waals surface area contributed by atoms with Gasteiger partial charge in [0.2, 0.25) is 0 Å². The quantitative estimate of drug-likeness (QED) is 0.0555. The fourth-order valence-corrected chi connectivity index (χ4v) is 5.19. The molecule has 7 heteroatoms. The molecule has 0 aromatic heterocycles. The third-order valence-corrected chi connectivity index (χ3v) is 7.31. The average molecular weight is 527 g/mol. The number of nitrogens with zero attached hydrogens (tertiary/aromatic N) is 1. The van der Waals surface area contributed by atoms with Crippen LogP contribution in [-0.2, 0) is 14.4 Å². The number of carboxylic acids is 3. The van der Waals surface area contributed by atoms with Gasteiger partial charge in [-0.25, -0.2) is 0 Å². The minimum atomic E-state index is -0.825. The number of carboxylic acid groups (broad SMARTS) is 3. The molecule has 0 aromatic rings. The molecule has 0 rings (SSSR count). The van der Waals surface area contributed by atoms with E-state index in [2.05, 4.69) is 19.1 Å². The number of aliphatic carboxylic acids is 3. The SMILES string of the molecule is C/C=C/CCCCCCCCCCCCCCC[N+](CCCC(=O)O)(CCCC(=O)O)CCCC(=O)O. The summed E-state index contributed by atoms with van der Waals surface area (Å²) in [6, 6.07) is 0. The molecule has 216 valence electrons. The van der Waals surface area contributed by atoms with Gasteiger partial charge in [0, 0.05) is 19.3 Å². The molecule has 3 N–H and O–H groups in total. The van der Waals surface area contributed by atoms with Crippen molar-refractivity contribution in [3.05, 3.63) is 12.2 Å². The van der Waals surface area contributed by atoms with Crippen LogP contribution >= 0.6 is 0 Å². The van der Waals surface area contributed by atoms with Gasteiger partial charge in [0.05, 0.1) is 45.4 Å². The van der Waals surface area contributed by atoms with Gasteiger partial charge in [-0.05, 0) is 32.6 Å². The molecule has 0 amide bonds. The van der Waals surface area contributed by atoms with E-state index < -0.39 is 17.9 Å². The molecule has 0 atom stereocenters. The molecule has 0 saturated carbocycles. The second-order valence-electron chi connectivity index (χ2n) is 10.7. The summed E-state index contributed by atoms with van der Waals surface area (Å²) in [6.07, 6.45) is 24.0. The number of allylic oxidation sites excluding steroid dienone is 2. The van der Waals surface area contributed by atoms with Crippen molar-refractivity contribution >= 4 is 17.9 Å². The number of quaternary nitrogens is 1. The first-order chi connectivity index (χ1) is 17.8. The summed E-state index contributed by atoms with van der Waals surface area (Å²) in [7, 11) is 0. The minimum Gasteiger partial charge on any atom is -0.481 e. The van der Waals surface area contributed by atoms with Crippen molar-refractivity contribution in [1.29, 1.82) is 0 Å². The van der Waals surface area contributed by atoms with E-state index in [9.17, 15) is 14.4 Å². The molecule has 0 unspecified atom stereocenters. The molecule has 7 nitrogen and oxygen atoms in total. The van der Waals surface area contributed by atoms with Gasteiger partial charge in [0.15, 0.2) is 0 Å². The Balaban J connectivity index is 4.24. The van der Waals surface area contributed by atoms with Crippen molar-refractivity contribution in [1.82, 2.24) is 0 Å². The highest BCUT2D eigenvalue weighted by molar-refractivity contribution is 5.67. The fourth-order valence-electron chi connectivity index (χ4n) is 5.19.